The fourth-order valence-electron chi connectivity index (χ4n) is 1.62. The monoisotopic (exact) mass is 241 g/mol. The van der Waals surface area contributed by atoms with Gasteiger partial charge in [0, 0.05) is 19.7 Å². The van der Waals surface area contributed by atoms with E-state index in [2.05, 4.69) is 0 Å². The molecule has 0 atom stereocenters. The Bertz CT molecular complexity index is 404. The number of hydrogen-bond donors (Lipinski definition) is 0. The smallest absolute Gasteiger partial charge is 0.226 e. The summed E-state index contributed by atoms with van der Waals surface area (Å²) in [4.78, 5) is 12.8. The van der Waals surface area contributed by atoms with Crippen LogP contribution in [0.2, 0.25) is 0 Å². The van der Waals surface area contributed by atoms with Gasteiger partial charge in [-0.05, 0) is 23.6 Å². The summed E-state index contributed by atoms with van der Waals surface area (Å²) < 4.78 is 27.3. The number of amides is 1. The van der Waals surface area contributed by atoms with Gasteiger partial charge in [-0.1, -0.05) is 13.8 Å². The van der Waals surface area contributed by atoms with E-state index in [0.29, 0.717) is 5.56 Å². The van der Waals surface area contributed by atoms with Crippen LogP contribution in [0.4, 0.5) is 8.78 Å². The van der Waals surface area contributed by atoms with Gasteiger partial charge >= 0.3 is 0 Å². The molecule has 0 fully saturated rings. The second kappa shape index (κ2) is 5.25. The fourth-order valence-corrected chi connectivity index (χ4v) is 1.62. The van der Waals surface area contributed by atoms with Crippen molar-refractivity contribution in [1.29, 1.82) is 0 Å². The predicted molar refractivity (Wildman–Crippen MR) is 62.8 cm³/mol. The Labute approximate surface area is 100 Å². The van der Waals surface area contributed by atoms with Crippen LogP contribution in [0.5, 0.6) is 0 Å². The highest BCUT2D eigenvalue weighted by Gasteiger charge is 2.15. The number of rotatable bonds is 3. The third-order valence-corrected chi connectivity index (χ3v) is 2.57. The van der Waals surface area contributed by atoms with Crippen molar-refractivity contribution >= 4 is 5.91 Å². The van der Waals surface area contributed by atoms with E-state index in [4.69, 9.17) is 0 Å². The number of carbonyl (C=O) groups excluding carboxylic acids is 1. The van der Waals surface area contributed by atoms with Crippen LogP contribution in [-0.4, -0.2) is 24.9 Å². The molecule has 1 amide bonds. The van der Waals surface area contributed by atoms with Crippen LogP contribution < -0.4 is 0 Å². The van der Waals surface area contributed by atoms with Crippen molar-refractivity contribution < 1.29 is 13.6 Å². The Morgan fingerprint density at radius 3 is 2.06 bits per heavy atom. The minimum atomic E-state index is -0.582. The van der Waals surface area contributed by atoms with Crippen LogP contribution in [0, 0.1) is 11.6 Å². The van der Waals surface area contributed by atoms with Gasteiger partial charge in [-0.3, -0.25) is 4.79 Å². The van der Waals surface area contributed by atoms with E-state index in [9.17, 15) is 13.6 Å². The molecule has 0 aliphatic carbocycles. The molecular weight excluding hydrogens is 224 g/mol. The summed E-state index contributed by atoms with van der Waals surface area (Å²) in [6.45, 7) is 3.46. The van der Waals surface area contributed by atoms with E-state index >= 15 is 0 Å². The second-order valence-corrected chi connectivity index (χ2v) is 4.59. The van der Waals surface area contributed by atoms with Crippen LogP contribution in [0.15, 0.2) is 12.1 Å². The van der Waals surface area contributed by atoms with Gasteiger partial charge in [0.2, 0.25) is 5.91 Å². The van der Waals surface area contributed by atoms with Gasteiger partial charge in [-0.2, -0.15) is 0 Å². The summed E-state index contributed by atoms with van der Waals surface area (Å²) >= 11 is 0. The standard InChI is InChI=1S/C13H17F2NO/c1-8(2)13-10(14)5-9(6-11(13)15)7-12(17)16(3)4/h5-6,8H,7H2,1-4H3. The summed E-state index contributed by atoms with van der Waals surface area (Å²) in [5.41, 5.74) is 0.439. The molecule has 0 bridgehead atoms. The van der Waals surface area contributed by atoms with Crippen molar-refractivity contribution in [2.75, 3.05) is 14.1 Å². The van der Waals surface area contributed by atoms with E-state index in [0.717, 1.165) is 0 Å². The number of likely N-dealkylation sites (N-methyl/N-ethyl adjacent to an activating group) is 1. The number of carbonyl (C=O) groups is 1. The maximum Gasteiger partial charge on any atom is 0.226 e. The number of halogens is 2. The van der Waals surface area contributed by atoms with Gasteiger partial charge in [-0.15, -0.1) is 0 Å². The molecule has 0 unspecified atom stereocenters. The van der Waals surface area contributed by atoms with Crippen LogP contribution in [0.25, 0.3) is 0 Å². The molecule has 1 rings (SSSR count). The SMILES string of the molecule is CC(C)c1c(F)cc(CC(=O)N(C)C)cc1F. The zero-order valence-electron chi connectivity index (χ0n) is 10.6. The zero-order chi connectivity index (χ0) is 13.2. The molecule has 0 aromatic heterocycles. The number of nitrogens with zero attached hydrogens (tertiary/aromatic N) is 1. The molecule has 0 aliphatic heterocycles. The molecule has 0 saturated heterocycles. The van der Waals surface area contributed by atoms with Gasteiger partial charge in [0.25, 0.3) is 0 Å². The summed E-state index contributed by atoms with van der Waals surface area (Å²) in [5, 5.41) is 0. The third-order valence-electron chi connectivity index (χ3n) is 2.57. The van der Waals surface area contributed by atoms with Crippen molar-refractivity contribution in [1.82, 2.24) is 4.90 Å². The zero-order valence-corrected chi connectivity index (χ0v) is 10.6. The minimum Gasteiger partial charge on any atom is -0.349 e. The van der Waals surface area contributed by atoms with E-state index in [1.54, 1.807) is 27.9 Å². The average molecular weight is 241 g/mol. The molecule has 0 saturated carbocycles. The fraction of sp³-hybridized carbons (Fsp3) is 0.462. The first-order valence-electron chi connectivity index (χ1n) is 5.51. The highest BCUT2D eigenvalue weighted by Crippen LogP contribution is 2.23. The quantitative estimate of drug-likeness (QED) is 0.796. The summed E-state index contributed by atoms with van der Waals surface area (Å²) in [5.74, 6) is -1.56. The molecule has 2 nitrogen and oxygen atoms in total. The second-order valence-electron chi connectivity index (χ2n) is 4.59. The lowest BCUT2D eigenvalue weighted by atomic mass is 9.99. The molecular formula is C13H17F2NO. The maximum absolute atomic E-state index is 13.6. The van der Waals surface area contributed by atoms with Gasteiger partial charge in [0.15, 0.2) is 0 Å². The van der Waals surface area contributed by atoms with E-state index in [1.165, 1.54) is 17.0 Å². The first-order chi connectivity index (χ1) is 7.82. The molecule has 0 aliphatic rings. The van der Waals surface area contributed by atoms with Crippen LogP contribution in [-0.2, 0) is 11.2 Å². The van der Waals surface area contributed by atoms with Crippen molar-refractivity contribution in [3.63, 3.8) is 0 Å². The van der Waals surface area contributed by atoms with Crippen LogP contribution >= 0.6 is 0 Å². The van der Waals surface area contributed by atoms with Gasteiger partial charge in [-0.25, -0.2) is 8.78 Å². The van der Waals surface area contributed by atoms with Crippen LogP contribution in [0.1, 0.15) is 30.9 Å². The first-order valence-corrected chi connectivity index (χ1v) is 5.51. The molecule has 1 aromatic rings. The lowest BCUT2D eigenvalue weighted by Crippen LogP contribution is -2.23. The number of benzene rings is 1. The largest absolute Gasteiger partial charge is 0.349 e. The Balaban J connectivity index is 3.03. The molecule has 0 heterocycles. The Morgan fingerprint density at radius 2 is 1.71 bits per heavy atom. The van der Waals surface area contributed by atoms with E-state index in [1.807, 2.05) is 0 Å². The highest BCUT2D eigenvalue weighted by atomic mass is 19.1. The lowest BCUT2D eigenvalue weighted by Gasteiger charge is -2.13. The van der Waals surface area contributed by atoms with Crippen molar-refractivity contribution in [2.24, 2.45) is 0 Å². The molecule has 0 spiro atoms. The predicted octanol–water partition coefficient (Wildman–Crippen LogP) is 2.72. The normalized spacial score (nSPS) is 10.8. The van der Waals surface area contributed by atoms with Gasteiger partial charge < -0.3 is 4.90 Å². The average Bonchev–Trinajstić information content (AvgIpc) is 2.15. The molecule has 1 aromatic carbocycles. The summed E-state index contributed by atoms with van der Waals surface area (Å²) in [6.07, 6.45) is 0.0131. The van der Waals surface area contributed by atoms with Crippen molar-refractivity contribution in [3.05, 3.63) is 34.9 Å². The Morgan fingerprint density at radius 1 is 1.24 bits per heavy atom. The molecule has 0 N–H and O–H groups in total. The third kappa shape index (κ3) is 3.25. The van der Waals surface area contributed by atoms with Crippen molar-refractivity contribution in [3.8, 4) is 0 Å². The molecule has 17 heavy (non-hydrogen) atoms. The summed E-state index contributed by atoms with van der Waals surface area (Å²) in [6, 6.07) is 2.47. The van der Waals surface area contributed by atoms with E-state index < -0.39 is 11.6 Å². The maximum atomic E-state index is 13.6. The molecule has 0 radical (unpaired) electrons. The first kappa shape index (κ1) is 13.6. The van der Waals surface area contributed by atoms with Gasteiger partial charge in [0.1, 0.15) is 11.6 Å². The molecule has 94 valence electrons. The summed E-state index contributed by atoms with van der Waals surface area (Å²) in [7, 11) is 3.22. The van der Waals surface area contributed by atoms with E-state index in [-0.39, 0.29) is 23.8 Å². The topological polar surface area (TPSA) is 20.3 Å². The highest BCUT2D eigenvalue weighted by molar-refractivity contribution is 5.78. The number of hydrogen-bond acceptors (Lipinski definition) is 1. The molecule has 4 heteroatoms. The Kier molecular flexibility index (Phi) is 4.21. The minimum absolute atomic E-state index is 0.0131. The van der Waals surface area contributed by atoms with Crippen LogP contribution in [0.3, 0.4) is 0 Å². The lowest BCUT2D eigenvalue weighted by molar-refractivity contribution is -0.127. The van der Waals surface area contributed by atoms with Gasteiger partial charge in [0.05, 0.1) is 6.42 Å². The van der Waals surface area contributed by atoms with Crippen molar-refractivity contribution in [2.45, 2.75) is 26.2 Å². The Hall–Kier alpha value is -1.45.